The molecule has 17 heavy (non-hydrogen) atoms. The number of hydrogen-bond acceptors (Lipinski definition) is 3. The summed E-state index contributed by atoms with van der Waals surface area (Å²) in [6, 6.07) is 0.365. The molecular formula is C13H27N3O. The molecule has 1 amide bonds. The predicted molar refractivity (Wildman–Crippen MR) is 71.0 cm³/mol. The van der Waals surface area contributed by atoms with E-state index in [0.29, 0.717) is 6.04 Å². The van der Waals surface area contributed by atoms with Crippen LogP contribution in [0.1, 0.15) is 34.1 Å². The molecule has 1 saturated heterocycles. The number of nitrogens with zero attached hydrogens (tertiary/aromatic N) is 2. The number of rotatable bonds is 5. The van der Waals surface area contributed by atoms with Crippen LogP contribution in [0, 0.1) is 0 Å². The molecule has 0 aromatic heterocycles. The predicted octanol–water partition coefficient (Wildman–Crippen LogP) is 0.927. The Bertz CT molecular complexity index is 239. The normalized spacial score (nSPS) is 20.9. The number of likely N-dealkylation sites (N-methyl/N-ethyl adjacent to an activating group) is 1. The van der Waals surface area contributed by atoms with E-state index in [0.717, 1.165) is 39.1 Å². The molecule has 1 fully saturated rings. The van der Waals surface area contributed by atoms with Gasteiger partial charge >= 0.3 is 0 Å². The molecule has 1 heterocycles. The summed E-state index contributed by atoms with van der Waals surface area (Å²) in [5, 5.41) is 3.32. The molecule has 0 aromatic carbocycles. The van der Waals surface area contributed by atoms with E-state index in [1.54, 1.807) is 0 Å². The van der Waals surface area contributed by atoms with Crippen LogP contribution < -0.4 is 5.32 Å². The minimum atomic E-state index is 0.0195. The second kappa shape index (κ2) is 6.97. The van der Waals surface area contributed by atoms with E-state index in [1.807, 2.05) is 11.8 Å². The van der Waals surface area contributed by atoms with Gasteiger partial charge in [-0.15, -0.1) is 0 Å². The zero-order valence-electron chi connectivity index (χ0n) is 11.7. The first-order chi connectivity index (χ1) is 8.11. The van der Waals surface area contributed by atoms with E-state index < -0.39 is 0 Å². The molecule has 0 spiro atoms. The molecule has 1 aliphatic rings. The molecule has 0 radical (unpaired) electrons. The lowest BCUT2D eigenvalue weighted by molar-refractivity contribution is -0.138. The highest BCUT2D eigenvalue weighted by molar-refractivity contribution is 5.81. The fourth-order valence-electron chi connectivity index (χ4n) is 2.37. The van der Waals surface area contributed by atoms with Gasteiger partial charge in [-0.1, -0.05) is 6.92 Å². The zero-order chi connectivity index (χ0) is 12.8. The summed E-state index contributed by atoms with van der Waals surface area (Å²) in [7, 11) is 0. The molecule has 1 rings (SSSR count). The van der Waals surface area contributed by atoms with E-state index in [-0.39, 0.29) is 11.9 Å². The lowest BCUT2D eigenvalue weighted by atomic mass is 10.1. The topological polar surface area (TPSA) is 35.6 Å². The van der Waals surface area contributed by atoms with Gasteiger partial charge in [-0.3, -0.25) is 9.69 Å². The highest BCUT2D eigenvalue weighted by Crippen LogP contribution is 2.10. The summed E-state index contributed by atoms with van der Waals surface area (Å²) in [5.41, 5.74) is 0. The summed E-state index contributed by atoms with van der Waals surface area (Å²) in [5.74, 6) is 0.281. The zero-order valence-corrected chi connectivity index (χ0v) is 11.7. The Kier molecular flexibility index (Phi) is 5.92. The second-order valence-electron chi connectivity index (χ2n) is 4.84. The van der Waals surface area contributed by atoms with Gasteiger partial charge in [-0.2, -0.15) is 0 Å². The number of carbonyl (C=O) groups excluding carboxylic acids is 1. The van der Waals surface area contributed by atoms with Gasteiger partial charge in [0.2, 0.25) is 5.91 Å². The van der Waals surface area contributed by atoms with Crippen molar-refractivity contribution >= 4 is 5.91 Å². The Morgan fingerprint density at radius 3 is 2.35 bits per heavy atom. The van der Waals surface area contributed by atoms with Crippen molar-refractivity contribution in [3.63, 3.8) is 0 Å². The van der Waals surface area contributed by atoms with Gasteiger partial charge in [0, 0.05) is 38.8 Å². The van der Waals surface area contributed by atoms with Crippen LogP contribution in [0.25, 0.3) is 0 Å². The van der Waals surface area contributed by atoms with Gasteiger partial charge in [0.1, 0.15) is 0 Å². The van der Waals surface area contributed by atoms with Gasteiger partial charge in [0.05, 0.1) is 6.04 Å². The van der Waals surface area contributed by atoms with Crippen LogP contribution in [-0.2, 0) is 4.79 Å². The molecule has 2 atom stereocenters. The van der Waals surface area contributed by atoms with Crippen LogP contribution in [0.15, 0.2) is 0 Å². The summed E-state index contributed by atoms with van der Waals surface area (Å²) >= 11 is 0. The number of piperazine rings is 1. The third-order valence-corrected chi connectivity index (χ3v) is 3.80. The van der Waals surface area contributed by atoms with Gasteiger partial charge in [-0.05, 0) is 27.2 Å². The van der Waals surface area contributed by atoms with Gasteiger partial charge in [0.25, 0.3) is 0 Å². The molecule has 0 aromatic rings. The van der Waals surface area contributed by atoms with Crippen LogP contribution in [0.4, 0.5) is 0 Å². The van der Waals surface area contributed by atoms with Crippen molar-refractivity contribution in [2.24, 2.45) is 0 Å². The molecule has 0 bridgehead atoms. The van der Waals surface area contributed by atoms with E-state index in [9.17, 15) is 4.79 Å². The number of carbonyl (C=O) groups is 1. The van der Waals surface area contributed by atoms with Crippen LogP contribution >= 0.6 is 0 Å². The van der Waals surface area contributed by atoms with Crippen molar-refractivity contribution in [1.82, 2.24) is 15.1 Å². The van der Waals surface area contributed by atoms with Crippen LogP contribution in [0.2, 0.25) is 0 Å². The van der Waals surface area contributed by atoms with Crippen molar-refractivity contribution in [1.29, 1.82) is 0 Å². The van der Waals surface area contributed by atoms with Crippen molar-refractivity contribution < 1.29 is 4.79 Å². The summed E-state index contributed by atoms with van der Waals surface area (Å²) < 4.78 is 0. The first-order valence-electron chi connectivity index (χ1n) is 6.87. The molecule has 100 valence electrons. The van der Waals surface area contributed by atoms with Crippen molar-refractivity contribution in [3.8, 4) is 0 Å². The van der Waals surface area contributed by atoms with Gasteiger partial charge in [0.15, 0.2) is 0 Å². The Labute approximate surface area is 105 Å². The van der Waals surface area contributed by atoms with E-state index >= 15 is 0 Å². The monoisotopic (exact) mass is 241 g/mol. The Morgan fingerprint density at radius 1 is 1.29 bits per heavy atom. The Balaban J connectivity index is 2.59. The van der Waals surface area contributed by atoms with Crippen LogP contribution in [-0.4, -0.2) is 60.5 Å². The smallest absolute Gasteiger partial charge is 0.239 e. The van der Waals surface area contributed by atoms with E-state index in [1.165, 1.54) is 0 Å². The number of hydrogen-bond donors (Lipinski definition) is 1. The summed E-state index contributed by atoms with van der Waals surface area (Å²) in [4.78, 5) is 16.7. The molecule has 1 aliphatic heterocycles. The fourth-order valence-corrected chi connectivity index (χ4v) is 2.37. The largest absolute Gasteiger partial charge is 0.339 e. The maximum Gasteiger partial charge on any atom is 0.239 e. The van der Waals surface area contributed by atoms with Crippen molar-refractivity contribution in [2.45, 2.75) is 46.2 Å². The highest BCUT2D eigenvalue weighted by Gasteiger charge is 2.27. The number of amides is 1. The SMILES string of the molecule is CCC(C)N(CC)C(=O)C(C)N1CCNCC1. The Morgan fingerprint density at radius 2 is 1.88 bits per heavy atom. The van der Waals surface area contributed by atoms with Crippen molar-refractivity contribution in [3.05, 3.63) is 0 Å². The van der Waals surface area contributed by atoms with Crippen LogP contribution in [0.3, 0.4) is 0 Å². The lowest BCUT2D eigenvalue weighted by Crippen LogP contribution is -2.54. The number of nitrogens with one attached hydrogen (secondary N) is 1. The standard InChI is InChI=1S/C13H27N3O/c1-5-11(3)16(6-2)13(17)12(4)15-9-7-14-8-10-15/h11-12,14H,5-10H2,1-4H3. The average molecular weight is 241 g/mol. The maximum absolute atomic E-state index is 12.4. The first kappa shape index (κ1) is 14.5. The summed E-state index contributed by atoms with van der Waals surface area (Å²) in [6.45, 7) is 13.1. The molecule has 4 nitrogen and oxygen atoms in total. The molecule has 2 unspecified atom stereocenters. The fraction of sp³-hybridized carbons (Fsp3) is 0.923. The minimum Gasteiger partial charge on any atom is -0.339 e. The van der Waals surface area contributed by atoms with Gasteiger partial charge in [-0.25, -0.2) is 0 Å². The van der Waals surface area contributed by atoms with Gasteiger partial charge < -0.3 is 10.2 Å². The average Bonchev–Trinajstić information content (AvgIpc) is 2.39. The highest BCUT2D eigenvalue weighted by atomic mass is 16.2. The molecule has 4 heteroatoms. The maximum atomic E-state index is 12.4. The van der Waals surface area contributed by atoms with E-state index in [4.69, 9.17) is 0 Å². The Hall–Kier alpha value is -0.610. The van der Waals surface area contributed by atoms with E-state index in [2.05, 4.69) is 31.0 Å². The van der Waals surface area contributed by atoms with Crippen molar-refractivity contribution in [2.75, 3.05) is 32.7 Å². The molecule has 1 N–H and O–H groups in total. The van der Waals surface area contributed by atoms with Crippen LogP contribution in [0.5, 0.6) is 0 Å². The molecule has 0 saturated carbocycles. The lowest BCUT2D eigenvalue weighted by Gasteiger charge is -2.36. The second-order valence-corrected chi connectivity index (χ2v) is 4.84. The molecular weight excluding hydrogens is 214 g/mol. The molecule has 0 aliphatic carbocycles. The first-order valence-corrected chi connectivity index (χ1v) is 6.87. The minimum absolute atomic E-state index is 0.0195. The quantitative estimate of drug-likeness (QED) is 0.778. The third kappa shape index (κ3) is 3.68. The third-order valence-electron chi connectivity index (χ3n) is 3.80. The summed E-state index contributed by atoms with van der Waals surface area (Å²) in [6.07, 6.45) is 1.02.